The van der Waals surface area contributed by atoms with Crippen LogP contribution in [0.15, 0.2) is 24.3 Å². The molecule has 0 aliphatic rings. The molecule has 0 aliphatic heterocycles. The molecule has 0 amide bonds. The van der Waals surface area contributed by atoms with Gasteiger partial charge in [-0.3, -0.25) is 19.2 Å². The van der Waals surface area contributed by atoms with Crippen LogP contribution in [-0.4, -0.2) is 54.7 Å². The van der Waals surface area contributed by atoms with Gasteiger partial charge in [-0.25, -0.2) is 0 Å². The molecule has 142 valence electrons. The number of carbonyl (C=O) groups excluding carboxylic acids is 4. The molecule has 0 N–H and O–H groups in total. The van der Waals surface area contributed by atoms with E-state index in [0.717, 1.165) is 10.4 Å². The molecule has 8 nitrogen and oxygen atoms in total. The van der Waals surface area contributed by atoms with E-state index in [-0.39, 0.29) is 0 Å². The lowest BCUT2D eigenvalue weighted by molar-refractivity contribution is -0.173. The average molecular weight is 399 g/mol. The summed E-state index contributed by atoms with van der Waals surface area (Å²) in [5, 5.41) is 1.85. The summed E-state index contributed by atoms with van der Waals surface area (Å²) in [6.07, 6.45) is 0. The molecule has 0 bridgehead atoms. The van der Waals surface area contributed by atoms with E-state index in [2.05, 4.69) is 0 Å². The predicted octanol–water partition coefficient (Wildman–Crippen LogP) is -1.91. The molecule has 0 heterocycles. The van der Waals surface area contributed by atoms with Crippen molar-refractivity contribution >= 4 is 53.3 Å². The van der Waals surface area contributed by atoms with Gasteiger partial charge < -0.3 is 18.9 Å². The summed E-state index contributed by atoms with van der Waals surface area (Å²) >= 11 is 0. The van der Waals surface area contributed by atoms with Crippen molar-refractivity contribution in [3.8, 4) is 0 Å². The maximum atomic E-state index is 11.1. The van der Waals surface area contributed by atoms with Crippen molar-refractivity contribution in [3.63, 3.8) is 0 Å². The molecule has 0 radical (unpaired) electrons. The fourth-order valence-corrected chi connectivity index (χ4v) is 5.21. The number of rotatable bonds is 8. The highest BCUT2D eigenvalue weighted by molar-refractivity contribution is 6.56. The molecule has 1 rings (SSSR count). The Morgan fingerprint density at radius 3 is 1.04 bits per heavy atom. The van der Waals surface area contributed by atoms with Gasteiger partial charge in [-0.1, -0.05) is 34.6 Å². The maximum absolute atomic E-state index is 11.1. The summed E-state index contributed by atoms with van der Waals surface area (Å²) in [4.78, 5) is 44.4. The maximum Gasteiger partial charge on any atom is 0.305 e. The van der Waals surface area contributed by atoms with Gasteiger partial charge >= 0.3 is 23.9 Å². The Morgan fingerprint density at radius 1 is 0.615 bits per heavy atom. The fraction of sp³-hybridized carbons (Fsp3) is 0.375. The molecule has 0 aromatic heterocycles. The van der Waals surface area contributed by atoms with Crippen LogP contribution in [-0.2, 0) is 38.1 Å². The number of ether oxygens (including phenoxy) is 4. The predicted molar refractivity (Wildman–Crippen MR) is 97.4 cm³/mol. The van der Waals surface area contributed by atoms with Gasteiger partial charge in [-0.15, -0.1) is 0 Å². The molecule has 1 aromatic carbocycles. The highest BCUT2D eigenvalue weighted by Gasteiger charge is 2.19. The zero-order valence-corrected chi connectivity index (χ0v) is 18.0. The van der Waals surface area contributed by atoms with Crippen LogP contribution in [0.25, 0.3) is 0 Å². The molecule has 0 atom stereocenters. The first-order chi connectivity index (χ1) is 12.2. The second-order valence-electron chi connectivity index (χ2n) is 5.52. The van der Waals surface area contributed by atoms with Crippen molar-refractivity contribution in [2.24, 2.45) is 0 Å². The third kappa shape index (κ3) is 9.13. The monoisotopic (exact) mass is 398 g/mol. The van der Waals surface area contributed by atoms with Crippen LogP contribution < -0.4 is 10.4 Å². The van der Waals surface area contributed by atoms with Gasteiger partial charge in [-0.05, 0) is 0 Å². The second kappa shape index (κ2) is 10.5. The Morgan fingerprint density at radius 2 is 0.846 bits per heavy atom. The third-order valence-electron chi connectivity index (χ3n) is 3.02. The summed E-state index contributed by atoms with van der Waals surface area (Å²) in [7, 11) is -2.41. The van der Waals surface area contributed by atoms with E-state index in [1.165, 1.54) is 27.7 Å². The molecule has 0 aliphatic carbocycles. The van der Waals surface area contributed by atoms with Crippen LogP contribution in [0.2, 0.25) is 0 Å². The molecule has 0 spiro atoms. The van der Waals surface area contributed by atoms with Crippen LogP contribution in [0, 0.1) is 0 Å². The highest BCUT2D eigenvalue weighted by Crippen LogP contribution is 1.98. The smallest absolute Gasteiger partial charge is 0.305 e. The SMILES string of the molecule is CC(=O)OC(OC(C)=O)[SiH2]c1ccc([SiH2]C(OC(C)=O)OC(C)=O)cc1. The van der Waals surface area contributed by atoms with Crippen LogP contribution in [0.5, 0.6) is 0 Å². The summed E-state index contributed by atoms with van der Waals surface area (Å²) in [6.45, 7) is 5.01. The van der Waals surface area contributed by atoms with E-state index in [9.17, 15) is 19.2 Å². The number of carbonyl (C=O) groups is 4. The van der Waals surface area contributed by atoms with E-state index in [1.54, 1.807) is 0 Å². The summed E-state index contributed by atoms with van der Waals surface area (Å²) in [5.74, 6) is -3.78. The van der Waals surface area contributed by atoms with Crippen molar-refractivity contribution in [3.05, 3.63) is 24.3 Å². The molecular weight excluding hydrogens is 376 g/mol. The molecular formula is C16H22O8Si2. The van der Waals surface area contributed by atoms with Crippen LogP contribution in [0.3, 0.4) is 0 Å². The van der Waals surface area contributed by atoms with E-state index in [0.29, 0.717) is 0 Å². The van der Waals surface area contributed by atoms with E-state index in [4.69, 9.17) is 18.9 Å². The minimum absolute atomic E-state index is 0.515. The Labute approximate surface area is 155 Å². The molecule has 1 aromatic rings. The minimum Gasteiger partial charge on any atom is -0.430 e. The number of benzene rings is 1. The van der Waals surface area contributed by atoms with Crippen molar-refractivity contribution in [2.75, 3.05) is 0 Å². The molecule has 0 unspecified atom stereocenters. The average Bonchev–Trinajstić information content (AvgIpc) is 2.46. The Kier molecular flexibility index (Phi) is 8.72. The number of hydrogen-bond acceptors (Lipinski definition) is 8. The summed E-state index contributed by atoms with van der Waals surface area (Å²) in [6, 6.07) is 7.36. The van der Waals surface area contributed by atoms with E-state index in [1.807, 2.05) is 24.3 Å². The molecule has 10 heteroatoms. The first kappa shape index (κ1) is 21.6. The van der Waals surface area contributed by atoms with E-state index >= 15 is 0 Å². The largest absolute Gasteiger partial charge is 0.430 e. The lowest BCUT2D eigenvalue weighted by Crippen LogP contribution is -2.38. The van der Waals surface area contributed by atoms with Gasteiger partial charge in [0, 0.05) is 27.7 Å². The first-order valence-corrected chi connectivity index (χ1v) is 11.0. The van der Waals surface area contributed by atoms with Crippen molar-refractivity contribution < 1.29 is 38.1 Å². The van der Waals surface area contributed by atoms with Crippen molar-refractivity contribution in [2.45, 2.75) is 39.5 Å². The van der Waals surface area contributed by atoms with Crippen LogP contribution in [0.1, 0.15) is 27.7 Å². The number of esters is 4. The normalized spacial score (nSPS) is 11.3. The van der Waals surface area contributed by atoms with Crippen LogP contribution in [0.4, 0.5) is 0 Å². The minimum atomic E-state index is -1.20. The van der Waals surface area contributed by atoms with Gasteiger partial charge in [0.15, 0.2) is 19.0 Å². The van der Waals surface area contributed by atoms with Gasteiger partial charge in [0.25, 0.3) is 0 Å². The second-order valence-corrected chi connectivity index (χ2v) is 9.30. The zero-order valence-electron chi connectivity index (χ0n) is 15.1. The third-order valence-corrected chi connectivity index (χ3v) is 6.24. The quantitative estimate of drug-likeness (QED) is 0.284. The molecule has 0 saturated heterocycles. The standard InChI is InChI=1S/C16H22O8Si2/c1-9(17)21-15(22-10(2)18)25-13-5-7-14(8-6-13)26-16(23-11(3)19)24-12(4)20/h5-8,15-16H,25-26H2,1-4H3. The zero-order chi connectivity index (χ0) is 19.7. The lowest BCUT2D eigenvalue weighted by atomic mass is 10.4. The Hall–Kier alpha value is -2.47. The molecule has 0 fully saturated rings. The first-order valence-electron chi connectivity index (χ1n) is 7.92. The van der Waals surface area contributed by atoms with Gasteiger partial charge in [-0.2, -0.15) is 0 Å². The van der Waals surface area contributed by atoms with Gasteiger partial charge in [0.05, 0.1) is 0 Å². The highest BCUT2D eigenvalue weighted by atomic mass is 28.2. The number of hydrogen-bond donors (Lipinski definition) is 0. The van der Waals surface area contributed by atoms with Crippen LogP contribution >= 0.6 is 0 Å². The Balaban J connectivity index is 2.75. The van der Waals surface area contributed by atoms with Gasteiger partial charge in [0.2, 0.25) is 11.8 Å². The molecule has 26 heavy (non-hydrogen) atoms. The topological polar surface area (TPSA) is 105 Å². The lowest BCUT2D eigenvalue weighted by Gasteiger charge is -2.18. The van der Waals surface area contributed by atoms with Crippen molar-refractivity contribution in [1.29, 1.82) is 0 Å². The van der Waals surface area contributed by atoms with E-state index < -0.39 is 54.7 Å². The van der Waals surface area contributed by atoms with Gasteiger partial charge in [0.1, 0.15) is 0 Å². The summed E-state index contributed by atoms with van der Waals surface area (Å²) in [5.41, 5.74) is 0. The fourth-order valence-electron chi connectivity index (χ4n) is 2.15. The molecule has 0 saturated carbocycles. The van der Waals surface area contributed by atoms with Crippen molar-refractivity contribution in [1.82, 2.24) is 0 Å². The summed E-state index contributed by atoms with van der Waals surface area (Å²) < 4.78 is 20.1. The Bertz CT molecular complexity index is 570.